The van der Waals surface area contributed by atoms with Gasteiger partial charge in [-0.1, -0.05) is 0 Å². The first-order valence-electron chi connectivity index (χ1n) is 6.19. The van der Waals surface area contributed by atoms with Gasteiger partial charge in [0.15, 0.2) is 0 Å². The first kappa shape index (κ1) is 10.2. The fourth-order valence-corrected chi connectivity index (χ4v) is 2.52. The Bertz CT molecular complexity index is 371. The van der Waals surface area contributed by atoms with Crippen LogP contribution < -0.4 is 10.6 Å². The second-order valence-electron chi connectivity index (χ2n) is 4.67. The van der Waals surface area contributed by atoms with Crippen LogP contribution in [0.25, 0.3) is 0 Å². The van der Waals surface area contributed by atoms with E-state index in [4.69, 9.17) is 4.98 Å². The largest absolute Gasteiger partial charge is 0.316 e. The van der Waals surface area contributed by atoms with E-state index in [9.17, 15) is 0 Å². The third-order valence-corrected chi connectivity index (χ3v) is 3.50. The van der Waals surface area contributed by atoms with E-state index in [-0.39, 0.29) is 0 Å². The fourth-order valence-electron chi connectivity index (χ4n) is 2.52. The molecule has 0 radical (unpaired) electrons. The lowest BCUT2D eigenvalue weighted by atomic mass is 9.98. The minimum Gasteiger partial charge on any atom is -0.316 e. The topological polar surface area (TPSA) is 49.8 Å². The molecular weight excluding hydrogens is 200 g/mol. The zero-order valence-electron chi connectivity index (χ0n) is 9.50. The molecule has 1 fully saturated rings. The number of hydrogen-bond donors (Lipinski definition) is 2. The molecule has 0 aliphatic carbocycles. The molecule has 0 amide bonds. The van der Waals surface area contributed by atoms with Crippen molar-refractivity contribution in [2.24, 2.45) is 0 Å². The molecule has 2 aliphatic heterocycles. The molecule has 1 unspecified atom stereocenters. The first-order valence-corrected chi connectivity index (χ1v) is 6.19. The quantitative estimate of drug-likeness (QED) is 0.724. The second kappa shape index (κ2) is 4.47. The van der Waals surface area contributed by atoms with Gasteiger partial charge in [-0.3, -0.25) is 0 Å². The molecule has 1 aromatic rings. The van der Waals surface area contributed by atoms with Crippen LogP contribution in [0, 0.1) is 0 Å². The molecule has 0 bridgehead atoms. The zero-order chi connectivity index (χ0) is 10.8. The summed E-state index contributed by atoms with van der Waals surface area (Å²) < 4.78 is 0. The smallest absolute Gasteiger partial charge is 0.132 e. The van der Waals surface area contributed by atoms with Gasteiger partial charge in [0.2, 0.25) is 0 Å². The molecule has 4 nitrogen and oxygen atoms in total. The summed E-state index contributed by atoms with van der Waals surface area (Å²) in [7, 11) is 0. The Hall–Kier alpha value is -1.00. The maximum Gasteiger partial charge on any atom is 0.132 e. The molecule has 2 N–H and O–H groups in total. The normalized spacial score (nSPS) is 25.1. The van der Waals surface area contributed by atoms with Gasteiger partial charge in [0.05, 0.1) is 5.69 Å². The van der Waals surface area contributed by atoms with Gasteiger partial charge in [-0.15, -0.1) is 0 Å². The van der Waals surface area contributed by atoms with E-state index in [1.807, 2.05) is 6.20 Å². The lowest BCUT2D eigenvalue weighted by molar-refractivity contribution is 0.443. The van der Waals surface area contributed by atoms with Crippen LogP contribution in [0.15, 0.2) is 6.20 Å². The molecule has 86 valence electrons. The number of aromatic nitrogens is 2. The van der Waals surface area contributed by atoms with E-state index < -0.39 is 0 Å². The Morgan fingerprint density at radius 1 is 1.25 bits per heavy atom. The lowest BCUT2D eigenvalue weighted by Gasteiger charge is -2.23. The first-order chi connectivity index (χ1) is 7.93. The van der Waals surface area contributed by atoms with Gasteiger partial charge in [-0.2, -0.15) is 0 Å². The third-order valence-electron chi connectivity index (χ3n) is 3.50. The van der Waals surface area contributed by atoms with Crippen molar-refractivity contribution in [2.75, 3.05) is 19.6 Å². The summed E-state index contributed by atoms with van der Waals surface area (Å²) >= 11 is 0. The summed E-state index contributed by atoms with van der Waals surface area (Å²) in [6.07, 6.45) is 5.56. The van der Waals surface area contributed by atoms with Crippen molar-refractivity contribution in [1.82, 2.24) is 20.6 Å². The summed E-state index contributed by atoms with van der Waals surface area (Å²) in [6, 6.07) is 0. The molecule has 16 heavy (non-hydrogen) atoms. The molecule has 1 atom stereocenters. The predicted octanol–water partition coefficient (Wildman–Crippen LogP) is 0.589. The lowest BCUT2D eigenvalue weighted by Crippen LogP contribution is -2.31. The van der Waals surface area contributed by atoms with Crippen molar-refractivity contribution in [2.45, 2.75) is 31.7 Å². The van der Waals surface area contributed by atoms with E-state index in [1.54, 1.807) is 0 Å². The molecule has 0 saturated carbocycles. The highest BCUT2D eigenvalue weighted by molar-refractivity contribution is 5.21. The minimum atomic E-state index is 0.515. The van der Waals surface area contributed by atoms with Gasteiger partial charge in [-0.25, -0.2) is 9.97 Å². The monoisotopic (exact) mass is 218 g/mol. The Morgan fingerprint density at radius 2 is 2.25 bits per heavy atom. The molecule has 0 aromatic carbocycles. The summed E-state index contributed by atoms with van der Waals surface area (Å²) in [4.78, 5) is 9.26. The highest BCUT2D eigenvalue weighted by Crippen LogP contribution is 2.21. The SMILES string of the molecule is c1nc(C2CCCNC2)nc2c1CCNC2. The zero-order valence-corrected chi connectivity index (χ0v) is 9.50. The average molecular weight is 218 g/mol. The van der Waals surface area contributed by atoms with Gasteiger partial charge in [0.25, 0.3) is 0 Å². The maximum absolute atomic E-state index is 4.72. The number of piperidine rings is 1. The average Bonchev–Trinajstić information content (AvgIpc) is 2.39. The Kier molecular flexibility index (Phi) is 2.84. The van der Waals surface area contributed by atoms with Crippen molar-refractivity contribution in [3.05, 3.63) is 23.3 Å². The highest BCUT2D eigenvalue weighted by atomic mass is 15.0. The van der Waals surface area contributed by atoms with Crippen LogP contribution >= 0.6 is 0 Å². The Labute approximate surface area is 95.9 Å². The van der Waals surface area contributed by atoms with Crippen molar-refractivity contribution in [3.8, 4) is 0 Å². The maximum atomic E-state index is 4.72. The summed E-state index contributed by atoms with van der Waals surface area (Å²) in [5.41, 5.74) is 2.54. The standard InChI is InChI=1S/C12H18N4/c1-2-10(6-13-4-1)12-15-7-9-3-5-14-8-11(9)16-12/h7,10,13-14H,1-6,8H2. The van der Waals surface area contributed by atoms with Gasteiger partial charge in [-0.05, 0) is 37.9 Å². The molecule has 1 aromatic heterocycles. The minimum absolute atomic E-state index is 0.515. The van der Waals surface area contributed by atoms with Crippen molar-refractivity contribution in [1.29, 1.82) is 0 Å². The molecular formula is C12H18N4. The van der Waals surface area contributed by atoms with Gasteiger partial charge >= 0.3 is 0 Å². The summed E-state index contributed by atoms with van der Waals surface area (Å²) in [5, 5.41) is 6.78. The Morgan fingerprint density at radius 3 is 3.12 bits per heavy atom. The van der Waals surface area contributed by atoms with Crippen molar-refractivity contribution < 1.29 is 0 Å². The number of nitrogens with one attached hydrogen (secondary N) is 2. The molecule has 1 saturated heterocycles. The number of hydrogen-bond acceptors (Lipinski definition) is 4. The van der Waals surface area contributed by atoms with Crippen LogP contribution in [0.5, 0.6) is 0 Å². The molecule has 2 aliphatic rings. The number of fused-ring (bicyclic) bond motifs is 1. The van der Waals surface area contributed by atoms with Crippen molar-refractivity contribution in [3.63, 3.8) is 0 Å². The number of nitrogens with zero attached hydrogens (tertiary/aromatic N) is 2. The van der Waals surface area contributed by atoms with Gasteiger partial charge in [0.1, 0.15) is 5.82 Å². The number of rotatable bonds is 1. The molecule has 4 heteroatoms. The Balaban J connectivity index is 1.84. The fraction of sp³-hybridized carbons (Fsp3) is 0.667. The molecule has 0 spiro atoms. The van der Waals surface area contributed by atoms with E-state index in [1.165, 1.54) is 24.1 Å². The van der Waals surface area contributed by atoms with Crippen LogP contribution in [0.2, 0.25) is 0 Å². The van der Waals surface area contributed by atoms with Gasteiger partial charge < -0.3 is 10.6 Å². The van der Waals surface area contributed by atoms with Crippen LogP contribution in [-0.2, 0) is 13.0 Å². The van der Waals surface area contributed by atoms with Crippen LogP contribution in [-0.4, -0.2) is 29.6 Å². The van der Waals surface area contributed by atoms with Crippen LogP contribution in [0.1, 0.15) is 35.8 Å². The van der Waals surface area contributed by atoms with Crippen LogP contribution in [0.3, 0.4) is 0 Å². The summed E-state index contributed by atoms with van der Waals surface area (Å²) in [5.74, 6) is 1.55. The van der Waals surface area contributed by atoms with E-state index >= 15 is 0 Å². The van der Waals surface area contributed by atoms with E-state index in [0.717, 1.165) is 38.4 Å². The third kappa shape index (κ3) is 1.95. The summed E-state index contributed by atoms with van der Waals surface area (Å²) in [6.45, 7) is 4.14. The molecule has 3 heterocycles. The second-order valence-corrected chi connectivity index (χ2v) is 4.67. The molecule has 3 rings (SSSR count). The van der Waals surface area contributed by atoms with E-state index in [0.29, 0.717) is 5.92 Å². The predicted molar refractivity (Wildman–Crippen MR) is 62.3 cm³/mol. The highest BCUT2D eigenvalue weighted by Gasteiger charge is 2.19. The van der Waals surface area contributed by atoms with Crippen molar-refractivity contribution >= 4 is 0 Å². The van der Waals surface area contributed by atoms with Gasteiger partial charge in [0, 0.05) is 25.2 Å². The van der Waals surface area contributed by atoms with Crippen LogP contribution in [0.4, 0.5) is 0 Å². The van der Waals surface area contributed by atoms with E-state index in [2.05, 4.69) is 15.6 Å².